The van der Waals surface area contributed by atoms with Crippen LogP contribution in [0, 0.1) is 5.92 Å². The summed E-state index contributed by atoms with van der Waals surface area (Å²) in [6.45, 7) is 2.90. The highest BCUT2D eigenvalue weighted by Crippen LogP contribution is 2.24. The molecular formula is C19H24N6OS. The van der Waals surface area contributed by atoms with Gasteiger partial charge in [-0.1, -0.05) is 0 Å². The SMILES string of the molecule is Cn1ccc(-c2nc(CNc3ccc(N4CCC(CO)CC4)cn3)cs2)n1. The highest BCUT2D eigenvalue weighted by Gasteiger charge is 2.18. The predicted octanol–water partition coefficient (Wildman–Crippen LogP) is 2.76. The Labute approximate surface area is 162 Å². The number of aliphatic hydroxyl groups excluding tert-OH is 1. The molecule has 0 saturated carbocycles. The van der Waals surface area contributed by atoms with Crippen LogP contribution in [0.1, 0.15) is 18.5 Å². The first-order valence-electron chi connectivity index (χ1n) is 9.21. The molecular weight excluding hydrogens is 360 g/mol. The molecule has 142 valence electrons. The second kappa shape index (κ2) is 8.06. The standard InChI is InChI=1S/C19H24N6OS/c1-24-7-6-17(23-24)19-22-15(13-27-19)10-20-18-3-2-16(11-21-18)25-8-4-14(12-26)5-9-25/h2-3,6-7,11,13-14,26H,4-5,8-10,12H2,1H3,(H,20,21). The van der Waals surface area contributed by atoms with Crippen LogP contribution in [0.5, 0.6) is 0 Å². The third-order valence-electron chi connectivity index (χ3n) is 4.92. The van der Waals surface area contributed by atoms with Crippen LogP contribution < -0.4 is 10.2 Å². The number of nitrogens with zero attached hydrogens (tertiary/aromatic N) is 5. The fourth-order valence-electron chi connectivity index (χ4n) is 3.27. The molecule has 4 rings (SSSR count). The number of hydrogen-bond acceptors (Lipinski definition) is 7. The summed E-state index contributed by atoms with van der Waals surface area (Å²) >= 11 is 1.60. The number of pyridine rings is 1. The lowest BCUT2D eigenvalue weighted by molar-refractivity contribution is 0.203. The minimum Gasteiger partial charge on any atom is -0.396 e. The van der Waals surface area contributed by atoms with E-state index in [0.29, 0.717) is 19.1 Å². The lowest BCUT2D eigenvalue weighted by Crippen LogP contribution is -2.34. The Morgan fingerprint density at radius 1 is 1.26 bits per heavy atom. The van der Waals surface area contributed by atoms with E-state index < -0.39 is 0 Å². The Kier molecular flexibility index (Phi) is 5.35. The molecule has 3 aromatic heterocycles. The van der Waals surface area contributed by atoms with Gasteiger partial charge in [0.1, 0.15) is 16.5 Å². The topological polar surface area (TPSA) is 79.1 Å². The molecule has 27 heavy (non-hydrogen) atoms. The van der Waals surface area contributed by atoms with Crippen molar-refractivity contribution in [2.45, 2.75) is 19.4 Å². The number of rotatable bonds is 6. The van der Waals surface area contributed by atoms with E-state index in [0.717, 1.165) is 53.8 Å². The van der Waals surface area contributed by atoms with Crippen molar-refractivity contribution in [3.8, 4) is 10.7 Å². The number of aliphatic hydroxyl groups is 1. The van der Waals surface area contributed by atoms with Gasteiger partial charge in [-0.15, -0.1) is 11.3 Å². The summed E-state index contributed by atoms with van der Waals surface area (Å²) in [5.74, 6) is 1.29. The zero-order chi connectivity index (χ0) is 18.6. The molecule has 1 fully saturated rings. The third-order valence-corrected chi connectivity index (χ3v) is 5.83. The maximum atomic E-state index is 9.26. The van der Waals surface area contributed by atoms with Gasteiger partial charge in [-0.2, -0.15) is 5.10 Å². The molecule has 2 N–H and O–H groups in total. The maximum Gasteiger partial charge on any atom is 0.144 e. The molecule has 8 heteroatoms. The van der Waals surface area contributed by atoms with Gasteiger partial charge in [-0.3, -0.25) is 4.68 Å². The number of hydrogen-bond donors (Lipinski definition) is 2. The molecule has 1 saturated heterocycles. The van der Waals surface area contributed by atoms with Crippen molar-refractivity contribution < 1.29 is 5.11 Å². The molecule has 1 aliphatic rings. The van der Waals surface area contributed by atoms with Crippen molar-refractivity contribution in [2.24, 2.45) is 13.0 Å². The number of nitrogens with one attached hydrogen (secondary N) is 1. The molecule has 0 radical (unpaired) electrons. The Morgan fingerprint density at radius 3 is 2.78 bits per heavy atom. The van der Waals surface area contributed by atoms with Gasteiger partial charge in [0.2, 0.25) is 0 Å². The quantitative estimate of drug-likeness (QED) is 0.680. The molecule has 0 amide bonds. The summed E-state index contributed by atoms with van der Waals surface area (Å²) in [6, 6.07) is 6.09. The van der Waals surface area contributed by atoms with E-state index in [1.807, 2.05) is 31.6 Å². The molecule has 0 aliphatic carbocycles. The Hall–Kier alpha value is -2.45. The first kappa shape index (κ1) is 17.9. The van der Waals surface area contributed by atoms with Gasteiger partial charge in [-0.25, -0.2) is 9.97 Å². The maximum absolute atomic E-state index is 9.26. The van der Waals surface area contributed by atoms with Gasteiger partial charge in [-0.05, 0) is 37.0 Å². The van der Waals surface area contributed by atoms with Crippen LogP contribution in [0.15, 0.2) is 36.0 Å². The Balaban J connectivity index is 1.32. The Bertz CT molecular complexity index is 866. The van der Waals surface area contributed by atoms with E-state index in [-0.39, 0.29) is 0 Å². The van der Waals surface area contributed by atoms with Crippen LogP contribution in [-0.4, -0.2) is 44.6 Å². The van der Waals surface area contributed by atoms with E-state index in [9.17, 15) is 5.11 Å². The largest absolute Gasteiger partial charge is 0.396 e. The minimum atomic E-state index is 0.299. The average Bonchev–Trinajstić information content (AvgIpc) is 3.36. The molecule has 0 aromatic carbocycles. The molecule has 3 aromatic rings. The summed E-state index contributed by atoms with van der Waals surface area (Å²) in [5, 5.41) is 20.0. The first-order valence-corrected chi connectivity index (χ1v) is 10.1. The van der Waals surface area contributed by atoms with Crippen molar-refractivity contribution >= 4 is 22.8 Å². The molecule has 0 unspecified atom stereocenters. The van der Waals surface area contributed by atoms with E-state index >= 15 is 0 Å². The van der Waals surface area contributed by atoms with Gasteiger partial charge >= 0.3 is 0 Å². The predicted molar refractivity (Wildman–Crippen MR) is 108 cm³/mol. The molecule has 0 spiro atoms. The normalized spacial score (nSPS) is 15.3. The van der Waals surface area contributed by atoms with Crippen molar-refractivity contribution in [2.75, 3.05) is 29.9 Å². The van der Waals surface area contributed by atoms with Gasteiger partial charge in [0, 0.05) is 38.3 Å². The number of aromatic nitrogens is 4. The van der Waals surface area contributed by atoms with Crippen LogP contribution in [0.3, 0.4) is 0 Å². The molecule has 4 heterocycles. The van der Waals surface area contributed by atoms with E-state index in [2.05, 4.69) is 36.7 Å². The van der Waals surface area contributed by atoms with Crippen molar-refractivity contribution in [1.29, 1.82) is 0 Å². The van der Waals surface area contributed by atoms with Gasteiger partial charge in [0.15, 0.2) is 0 Å². The van der Waals surface area contributed by atoms with Crippen molar-refractivity contribution in [3.05, 3.63) is 41.7 Å². The third kappa shape index (κ3) is 4.28. The minimum absolute atomic E-state index is 0.299. The summed E-state index contributed by atoms with van der Waals surface area (Å²) in [6.07, 6.45) is 5.92. The van der Waals surface area contributed by atoms with Crippen LogP contribution in [0.2, 0.25) is 0 Å². The second-order valence-corrected chi connectivity index (χ2v) is 7.74. The molecule has 7 nitrogen and oxygen atoms in total. The van der Waals surface area contributed by atoms with Crippen LogP contribution in [-0.2, 0) is 13.6 Å². The smallest absolute Gasteiger partial charge is 0.144 e. The highest BCUT2D eigenvalue weighted by atomic mass is 32.1. The summed E-state index contributed by atoms with van der Waals surface area (Å²) in [7, 11) is 1.91. The van der Waals surface area contributed by atoms with Crippen LogP contribution in [0.25, 0.3) is 10.7 Å². The highest BCUT2D eigenvalue weighted by molar-refractivity contribution is 7.13. The fourth-order valence-corrected chi connectivity index (χ4v) is 4.05. The molecule has 0 atom stereocenters. The monoisotopic (exact) mass is 384 g/mol. The Morgan fingerprint density at radius 2 is 2.11 bits per heavy atom. The van der Waals surface area contributed by atoms with Gasteiger partial charge in [0.05, 0.1) is 24.1 Å². The zero-order valence-corrected chi connectivity index (χ0v) is 16.2. The summed E-state index contributed by atoms with van der Waals surface area (Å²) < 4.78 is 1.78. The van der Waals surface area contributed by atoms with E-state index in [1.165, 1.54) is 0 Å². The molecule has 0 bridgehead atoms. The number of aryl methyl sites for hydroxylation is 1. The van der Waals surface area contributed by atoms with Crippen LogP contribution >= 0.6 is 11.3 Å². The second-order valence-electron chi connectivity index (χ2n) is 6.89. The summed E-state index contributed by atoms with van der Waals surface area (Å²) in [5.41, 5.74) is 3.03. The number of piperidine rings is 1. The van der Waals surface area contributed by atoms with Crippen molar-refractivity contribution in [1.82, 2.24) is 19.7 Å². The van der Waals surface area contributed by atoms with Crippen LogP contribution in [0.4, 0.5) is 11.5 Å². The first-order chi connectivity index (χ1) is 13.2. The summed E-state index contributed by atoms with van der Waals surface area (Å²) in [4.78, 5) is 11.5. The van der Waals surface area contributed by atoms with Crippen molar-refractivity contribution in [3.63, 3.8) is 0 Å². The average molecular weight is 385 g/mol. The van der Waals surface area contributed by atoms with E-state index in [1.54, 1.807) is 16.0 Å². The van der Waals surface area contributed by atoms with Gasteiger partial charge < -0.3 is 15.3 Å². The lowest BCUT2D eigenvalue weighted by Gasteiger charge is -2.32. The fraction of sp³-hybridized carbons (Fsp3) is 0.421. The number of thiazole rings is 1. The van der Waals surface area contributed by atoms with Gasteiger partial charge in [0.25, 0.3) is 0 Å². The number of anilines is 2. The van der Waals surface area contributed by atoms with E-state index in [4.69, 9.17) is 0 Å². The molecule has 1 aliphatic heterocycles. The lowest BCUT2D eigenvalue weighted by atomic mass is 9.98. The zero-order valence-electron chi connectivity index (χ0n) is 15.4.